The van der Waals surface area contributed by atoms with Crippen molar-refractivity contribution < 1.29 is 19.1 Å². The summed E-state index contributed by atoms with van der Waals surface area (Å²) in [5.41, 5.74) is 1.62. The largest absolute Gasteiger partial charge is 0.484 e. The van der Waals surface area contributed by atoms with Crippen LogP contribution in [0, 0.1) is 10.5 Å². The molecule has 1 amide bonds. The van der Waals surface area contributed by atoms with Crippen molar-refractivity contribution in [3.05, 3.63) is 57.2 Å². The van der Waals surface area contributed by atoms with E-state index in [4.69, 9.17) is 9.47 Å². The fraction of sp³-hybridized carbons (Fsp3) is 0.176. The van der Waals surface area contributed by atoms with E-state index in [0.717, 1.165) is 9.13 Å². The number of esters is 1. The molecule has 0 aliphatic carbocycles. The number of rotatable bonds is 5. The summed E-state index contributed by atoms with van der Waals surface area (Å²) in [5, 5.41) is 2.67. The Hall–Kier alpha value is -2.09. The van der Waals surface area contributed by atoms with Gasteiger partial charge in [-0.1, -0.05) is 11.6 Å². The smallest absolute Gasteiger partial charge is 0.339 e. The van der Waals surface area contributed by atoms with Gasteiger partial charge in [-0.05, 0) is 65.9 Å². The Kier molecular flexibility index (Phi) is 5.97. The molecular weight excluding hydrogens is 409 g/mol. The molecule has 0 radical (unpaired) electrons. The molecule has 0 heterocycles. The SMILES string of the molecule is COC(=O)c1cc(C)ccc1NC(=O)COc1ccc(I)cc1. The first-order valence-corrected chi connectivity index (χ1v) is 7.94. The number of methoxy groups -OCH3 is 1. The number of hydrogen-bond acceptors (Lipinski definition) is 4. The second-order valence-electron chi connectivity index (χ2n) is 4.83. The number of halogens is 1. The molecule has 0 saturated heterocycles. The zero-order valence-electron chi connectivity index (χ0n) is 12.8. The normalized spacial score (nSPS) is 10.0. The zero-order valence-corrected chi connectivity index (χ0v) is 14.9. The third-order valence-electron chi connectivity index (χ3n) is 3.04. The van der Waals surface area contributed by atoms with Crippen LogP contribution in [0.4, 0.5) is 5.69 Å². The first-order chi connectivity index (χ1) is 11.0. The maximum Gasteiger partial charge on any atom is 0.339 e. The number of benzene rings is 2. The van der Waals surface area contributed by atoms with Crippen molar-refractivity contribution in [2.75, 3.05) is 19.0 Å². The lowest BCUT2D eigenvalue weighted by Crippen LogP contribution is -2.21. The quantitative estimate of drug-likeness (QED) is 0.589. The van der Waals surface area contributed by atoms with E-state index in [1.54, 1.807) is 24.3 Å². The van der Waals surface area contributed by atoms with Gasteiger partial charge in [-0.25, -0.2) is 4.79 Å². The van der Waals surface area contributed by atoms with Gasteiger partial charge in [0.15, 0.2) is 6.61 Å². The van der Waals surface area contributed by atoms with E-state index in [1.807, 2.05) is 25.1 Å². The van der Waals surface area contributed by atoms with Crippen molar-refractivity contribution in [2.24, 2.45) is 0 Å². The summed E-state index contributed by atoms with van der Waals surface area (Å²) in [6.07, 6.45) is 0. The lowest BCUT2D eigenvalue weighted by atomic mass is 10.1. The highest BCUT2D eigenvalue weighted by Gasteiger charge is 2.14. The van der Waals surface area contributed by atoms with Crippen LogP contribution < -0.4 is 10.1 Å². The van der Waals surface area contributed by atoms with E-state index in [9.17, 15) is 9.59 Å². The average molecular weight is 425 g/mol. The molecule has 0 unspecified atom stereocenters. The maximum atomic E-state index is 12.0. The molecule has 0 fully saturated rings. The van der Waals surface area contributed by atoms with Crippen LogP contribution in [0.15, 0.2) is 42.5 Å². The highest BCUT2D eigenvalue weighted by molar-refractivity contribution is 14.1. The van der Waals surface area contributed by atoms with E-state index in [0.29, 0.717) is 17.0 Å². The minimum atomic E-state index is -0.498. The van der Waals surface area contributed by atoms with Gasteiger partial charge < -0.3 is 14.8 Å². The Labute approximate surface area is 148 Å². The van der Waals surface area contributed by atoms with Crippen LogP contribution in [0.3, 0.4) is 0 Å². The van der Waals surface area contributed by atoms with Gasteiger partial charge in [0.05, 0.1) is 18.4 Å². The fourth-order valence-corrected chi connectivity index (χ4v) is 2.27. The van der Waals surface area contributed by atoms with Crippen molar-refractivity contribution in [1.82, 2.24) is 0 Å². The van der Waals surface area contributed by atoms with Gasteiger partial charge in [-0.3, -0.25) is 4.79 Å². The summed E-state index contributed by atoms with van der Waals surface area (Å²) < 4.78 is 11.2. The molecular formula is C17H16INO4. The van der Waals surface area contributed by atoms with E-state index >= 15 is 0 Å². The number of carbonyl (C=O) groups excluding carboxylic acids is 2. The Morgan fingerprint density at radius 2 is 1.83 bits per heavy atom. The number of anilines is 1. The second-order valence-corrected chi connectivity index (χ2v) is 6.08. The molecule has 6 heteroatoms. The molecule has 0 bridgehead atoms. The zero-order chi connectivity index (χ0) is 16.8. The van der Waals surface area contributed by atoms with Gasteiger partial charge in [-0.2, -0.15) is 0 Å². The highest BCUT2D eigenvalue weighted by Crippen LogP contribution is 2.19. The number of aryl methyl sites for hydroxylation is 1. The molecule has 5 nitrogen and oxygen atoms in total. The van der Waals surface area contributed by atoms with Crippen molar-refractivity contribution in [1.29, 1.82) is 0 Å². The topological polar surface area (TPSA) is 64.6 Å². The third-order valence-corrected chi connectivity index (χ3v) is 3.76. The van der Waals surface area contributed by atoms with Gasteiger partial charge in [0.1, 0.15) is 5.75 Å². The van der Waals surface area contributed by atoms with Crippen LogP contribution >= 0.6 is 22.6 Å². The molecule has 0 atom stereocenters. The van der Waals surface area contributed by atoms with E-state index in [1.165, 1.54) is 7.11 Å². The van der Waals surface area contributed by atoms with Gasteiger partial charge in [0, 0.05) is 3.57 Å². The van der Waals surface area contributed by atoms with Crippen molar-refractivity contribution in [3.8, 4) is 5.75 Å². The molecule has 0 aromatic heterocycles. The van der Waals surface area contributed by atoms with E-state index < -0.39 is 5.97 Å². The van der Waals surface area contributed by atoms with E-state index in [2.05, 4.69) is 27.9 Å². The standard InChI is InChI=1S/C17H16INO4/c1-11-3-8-15(14(9-11)17(21)22-2)19-16(20)10-23-13-6-4-12(18)5-7-13/h3-9H,10H2,1-2H3,(H,19,20). The van der Waals surface area contributed by atoms with Gasteiger partial charge in [-0.15, -0.1) is 0 Å². The summed E-state index contributed by atoms with van der Waals surface area (Å²) in [4.78, 5) is 23.8. The highest BCUT2D eigenvalue weighted by atomic mass is 127. The number of hydrogen-bond donors (Lipinski definition) is 1. The molecule has 120 valence electrons. The average Bonchev–Trinajstić information content (AvgIpc) is 2.55. The van der Waals surface area contributed by atoms with Crippen LogP contribution in [0.5, 0.6) is 5.75 Å². The van der Waals surface area contributed by atoms with Gasteiger partial charge >= 0.3 is 5.97 Å². The Balaban J connectivity index is 2.02. The van der Waals surface area contributed by atoms with Gasteiger partial charge in [0.25, 0.3) is 5.91 Å². The van der Waals surface area contributed by atoms with Crippen molar-refractivity contribution >= 4 is 40.2 Å². The lowest BCUT2D eigenvalue weighted by Gasteiger charge is -2.11. The first-order valence-electron chi connectivity index (χ1n) is 6.87. The van der Waals surface area contributed by atoms with Crippen LogP contribution in [0.2, 0.25) is 0 Å². The first kappa shape index (κ1) is 17.3. The molecule has 0 spiro atoms. The number of ether oxygens (including phenoxy) is 2. The number of amides is 1. The molecule has 23 heavy (non-hydrogen) atoms. The molecule has 2 aromatic carbocycles. The Morgan fingerprint density at radius 3 is 2.48 bits per heavy atom. The molecule has 2 aromatic rings. The van der Waals surface area contributed by atoms with Gasteiger partial charge in [0.2, 0.25) is 0 Å². The molecule has 0 aliphatic heterocycles. The predicted octanol–water partition coefficient (Wildman–Crippen LogP) is 3.40. The summed E-state index contributed by atoms with van der Waals surface area (Å²) in [5.74, 6) is -0.238. The van der Waals surface area contributed by atoms with Crippen molar-refractivity contribution in [2.45, 2.75) is 6.92 Å². The Bertz CT molecular complexity index is 713. The second kappa shape index (κ2) is 7.96. The molecule has 0 aliphatic rings. The lowest BCUT2D eigenvalue weighted by molar-refractivity contribution is -0.118. The van der Waals surface area contributed by atoms with Crippen LogP contribution in [0.25, 0.3) is 0 Å². The molecule has 1 N–H and O–H groups in total. The Morgan fingerprint density at radius 1 is 1.13 bits per heavy atom. The van der Waals surface area contributed by atoms with Crippen LogP contribution in [-0.4, -0.2) is 25.6 Å². The number of nitrogens with one attached hydrogen (secondary N) is 1. The molecule has 2 rings (SSSR count). The summed E-state index contributed by atoms with van der Waals surface area (Å²) in [7, 11) is 1.30. The van der Waals surface area contributed by atoms with E-state index in [-0.39, 0.29) is 12.5 Å². The fourth-order valence-electron chi connectivity index (χ4n) is 1.91. The van der Waals surface area contributed by atoms with Crippen molar-refractivity contribution in [3.63, 3.8) is 0 Å². The van der Waals surface area contributed by atoms with Crippen LogP contribution in [-0.2, 0) is 9.53 Å². The monoisotopic (exact) mass is 425 g/mol. The predicted molar refractivity (Wildman–Crippen MR) is 95.8 cm³/mol. The minimum absolute atomic E-state index is 0.144. The summed E-state index contributed by atoms with van der Waals surface area (Å²) >= 11 is 2.19. The number of carbonyl (C=O) groups is 2. The summed E-state index contributed by atoms with van der Waals surface area (Å²) in [6, 6.07) is 12.5. The third kappa shape index (κ3) is 4.95. The minimum Gasteiger partial charge on any atom is -0.484 e. The maximum absolute atomic E-state index is 12.0. The molecule has 0 saturated carbocycles. The summed E-state index contributed by atoms with van der Waals surface area (Å²) in [6.45, 7) is 1.72. The van der Waals surface area contributed by atoms with Crippen LogP contribution in [0.1, 0.15) is 15.9 Å².